The fourth-order valence-electron chi connectivity index (χ4n) is 2.66. The van der Waals surface area contributed by atoms with E-state index >= 15 is 0 Å². The van der Waals surface area contributed by atoms with Gasteiger partial charge in [0, 0.05) is 13.0 Å². The van der Waals surface area contributed by atoms with Gasteiger partial charge >= 0.3 is 23.1 Å². The minimum absolute atomic E-state index is 0.494. The number of rotatable bonds is 15. The van der Waals surface area contributed by atoms with Crippen LogP contribution in [0.3, 0.4) is 0 Å². The van der Waals surface area contributed by atoms with Gasteiger partial charge < -0.3 is 11.1 Å². The molecule has 1 heterocycles. The summed E-state index contributed by atoms with van der Waals surface area (Å²) in [7, 11) is 0. The van der Waals surface area contributed by atoms with Crippen LogP contribution < -0.4 is 15.8 Å². The van der Waals surface area contributed by atoms with E-state index < -0.39 is 23.1 Å². The van der Waals surface area contributed by atoms with Gasteiger partial charge in [0.05, 0.1) is 0 Å². The Hall–Kier alpha value is -1.90. The fraction of sp³-hybridized carbons (Fsp3) is 0.722. The number of amides is 2. The molecule has 0 saturated heterocycles. The zero-order valence-corrected chi connectivity index (χ0v) is 16.7. The van der Waals surface area contributed by atoms with Gasteiger partial charge in [0.1, 0.15) is 0 Å². The lowest BCUT2D eigenvalue weighted by molar-refractivity contribution is -0.137. The average Bonchev–Trinajstić information content (AvgIpc) is 3.06. The molecule has 9 heteroatoms. The summed E-state index contributed by atoms with van der Waals surface area (Å²) in [6.07, 6.45) is 17.6. The highest BCUT2D eigenvalue weighted by atomic mass is 32.2. The van der Waals surface area contributed by atoms with Crippen molar-refractivity contribution < 1.29 is 18.1 Å². The van der Waals surface area contributed by atoms with Gasteiger partial charge in [-0.2, -0.15) is 4.21 Å². The fourth-order valence-corrected chi connectivity index (χ4v) is 3.19. The van der Waals surface area contributed by atoms with Gasteiger partial charge in [0.25, 0.3) is 0 Å². The predicted octanol–water partition coefficient (Wildman–Crippen LogP) is 2.34. The van der Waals surface area contributed by atoms with E-state index in [-0.39, 0.29) is 0 Å². The molecule has 27 heavy (non-hydrogen) atoms. The maximum absolute atomic E-state index is 10.9. The molecular weight excluding hydrogens is 368 g/mol. The van der Waals surface area contributed by atoms with E-state index in [1.807, 2.05) is 0 Å². The second-order valence-corrected chi connectivity index (χ2v) is 7.37. The van der Waals surface area contributed by atoms with Crippen LogP contribution in [-0.2, 0) is 25.1 Å². The monoisotopic (exact) mass is 400 g/mol. The number of unbranched alkanes of at least 4 members (excludes halogenated alkanes) is 9. The van der Waals surface area contributed by atoms with Gasteiger partial charge in [-0.3, -0.25) is 18.6 Å². The van der Waals surface area contributed by atoms with E-state index in [2.05, 4.69) is 31.6 Å². The van der Waals surface area contributed by atoms with Crippen molar-refractivity contribution in [2.75, 3.05) is 6.54 Å². The van der Waals surface area contributed by atoms with Crippen molar-refractivity contribution >= 4 is 28.9 Å². The third-order valence-corrected chi connectivity index (χ3v) is 4.79. The third kappa shape index (κ3) is 13.0. The second-order valence-electron chi connectivity index (χ2n) is 6.55. The first kappa shape index (κ1) is 23.1. The van der Waals surface area contributed by atoms with Crippen molar-refractivity contribution in [2.45, 2.75) is 77.0 Å². The molecule has 0 saturated carbocycles. The number of nitrogens with two attached hydrogens (primary N) is 1. The highest BCUT2D eigenvalue weighted by Gasteiger charge is 2.13. The van der Waals surface area contributed by atoms with Crippen molar-refractivity contribution in [3.05, 3.63) is 12.2 Å². The van der Waals surface area contributed by atoms with Crippen molar-refractivity contribution in [2.24, 2.45) is 10.9 Å². The lowest BCUT2D eigenvalue weighted by Crippen LogP contribution is -2.36. The molecular formula is C18H32N4O4S. The maximum Gasteiger partial charge on any atom is 0.338 e. The highest BCUT2D eigenvalue weighted by Crippen LogP contribution is 2.11. The smallest absolute Gasteiger partial charge is 0.338 e. The normalized spacial score (nSPS) is 16.0. The summed E-state index contributed by atoms with van der Waals surface area (Å²) < 4.78 is 18.1. The molecule has 1 rings (SSSR count). The Labute approximate surface area is 164 Å². The molecule has 0 radical (unpaired) electrons. The first-order chi connectivity index (χ1) is 13.1. The molecule has 8 nitrogen and oxygen atoms in total. The minimum Gasteiger partial charge on any atom is -0.361 e. The number of hydrogen-bond donors (Lipinski definition) is 3. The molecule has 0 aliphatic carbocycles. The summed E-state index contributed by atoms with van der Waals surface area (Å²) in [6.45, 7) is 0.494. The van der Waals surface area contributed by atoms with Crippen LogP contribution in [-0.4, -0.2) is 28.4 Å². The number of nitrogens with one attached hydrogen (secondary N) is 2. The van der Waals surface area contributed by atoms with Gasteiger partial charge in [0.15, 0.2) is 5.84 Å². The lowest BCUT2D eigenvalue weighted by atomic mass is 10.1. The average molecular weight is 401 g/mol. The lowest BCUT2D eigenvalue weighted by Gasteiger charge is -2.01. The Morgan fingerprint density at radius 1 is 1.00 bits per heavy atom. The molecule has 0 bridgehead atoms. The highest BCUT2D eigenvalue weighted by molar-refractivity contribution is 7.79. The molecule has 154 valence electrons. The summed E-state index contributed by atoms with van der Waals surface area (Å²) >= 11 is -1.46. The first-order valence-corrected chi connectivity index (χ1v) is 10.8. The summed E-state index contributed by atoms with van der Waals surface area (Å²) in [5.41, 5.74) is 4.84. The van der Waals surface area contributed by atoms with Crippen LogP contribution in [0.1, 0.15) is 77.0 Å². The molecule has 0 spiro atoms. The van der Waals surface area contributed by atoms with Crippen molar-refractivity contribution in [3.8, 4) is 0 Å². The Morgan fingerprint density at radius 3 is 2.19 bits per heavy atom. The maximum atomic E-state index is 10.9. The summed E-state index contributed by atoms with van der Waals surface area (Å²) in [5.74, 6) is -0.950. The Balaban J connectivity index is 1.77. The number of oxime groups is 1. The van der Waals surface area contributed by atoms with Crippen LogP contribution >= 0.6 is 0 Å². The molecule has 0 aromatic heterocycles. The molecule has 0 aromatic carbocycles. The summed E-state index contributed by atoms with van der Waals surface area (Å²) in [5, 5.41) is 6.18. The van der Waals surface area contributed by atoms with Gasteiger partial charge in [0.2, 0.25) is 0 Å². The third-order valence-electron chi connectivity index (χ3n) is 4.17. The zero-order valence-electron chi connectivity index (χ0n) is 15.9. The molecule has 0 fully saturated rings. The van der Waals surface area contributed by atoms with Crippen LogP contribution in [0.4, 0.5) is 0 Å². The van der Waals surface area contributed by atoms with Crippen molar-refractivity contribution in [1.29, 1.82) is 0 Å². The van der Waals surface area contributed by atoms with Crippen LogP contribution in [0.2, 0.25) is 0 Å². The first-order valence-electron chi connectivity index (χ1n) is 9.75. The quantitative estimate of drug-likeness (QED) is 0.222. The number of primary amides is 1. The SMILES string of the molecule is NC(=O)C(=O)NCCCC/C=C\CCCCCCCCCC1=NOS(=O)N1. The Bertz CT molecular complexity index is 537. The van der Waals surface area contributed by atoms with Gasteiger partial charge in [-0.05, 0) is 38.5 Å². The molecule has 1 atom stereocenters. The molecule has 1 unspecified atom stereocenters. The van der Waals surface area contributed by atoms with Crippen LogP contribution in [0, 0.1) is 0 Å². The van der Waals surface area contributed by atoms with E-state index in [1.54, 1.807) is 0 Å². The van der Waals surface area contributed by atoms with E-state index in [0.717, 1.165) is 44.9 Å². The van der Waals surface area contributed by atoms with Gasteiger partial charge in [-0.1, -0.05) is 49.4 Å². The van der Waals surface area contributed by atoms with Crippen molar-refractivity contribution in [3.63, 3.8) is 0 Å². The van der Waals surface area contributed by atoms with E-state index in [4.69, 9.17) is 5.73 Å². The number of nitrogens with zero attached hydrogens (tertiary/aromatic N) is 1. The van der Waals surface area contributed by atoms with Gasteiger partial charge in [-0.15, -0.1) is 0 Å². The zero-order chi connectivity index (χ0) is 19.7. The number of amidine groups is 1. The van der Waals surface area contributed by atoms with Crippen LogP contribution in [0.25, 0.3) is 0 Å². The van der Waals surface area contributed by atoms with Crippen LogP contribution in [0.15, 0.2) is 17.3 Å². The summed E-state index contributed by atoms with van der Waals surface area (Å²) in [6, 6.07) is 0. The second kappa shape index (κ2) is 15.2. The molecule has 2 amide bonds. The molecule has 1 aliphatic rings. The topological polar surface area (TPSA) is 123 Å². The number of carbonyl (C=O) groups is 2. The minimum atomic E-state index is -1.46. The largest absolute Gasteiger partial charge is 0.361 e. The predicted molar refractivity (Wildman–Crippen MR) is 107 cm³/mol. The van der Waals surface area contributed by atoms with E-state index in [0.29, 0.717) is 12.4 Å². The van der Waals surface area contributed by atoms with Gasteiger partial charge in [-0.25, -0.2) is 0 Å². The number of hydrogen-bond acceptors (Lipinski definition) is 5. The Kier molecular flexibility index (Phi) is 13.0. The number of carbonyl (C=O) groups excluding carboxylic acids is 2. The molecule has 0 aromatic rings. The van der Waals surface area contributed by atoms with E-state index in [1.165, 1.54) is 32.1 Å². The standard InChI is InChI=1S/C18H32N4O4S/c19-17(23)18(24)20-15-13-11-9-7-5-3-1-2-4-6-8-10-12-14-16-21-26-27(25)22-16/h5,7H,1-4,6,8-15H2,(H2,19,23)(H,20,24)(H,21,22)/b7-5-. The summed E-state index contributed by atoms with van der Waals surface area (Å²) in [4.78, 5) is 21.4. The Morgan fingerprint density at radius 2 is 1.59 bits per heavy atom. The molecule has 4 N–H and O–H groups in total. The molecule has 1 aliphatic heterocycles. The van der Waals surface area contributed by atoms with E-state index in [9.17, 15) is 13.8 Å². The number of allylic oxidation sites excluding steroid dienone is 2. The van der Waals surface area contributed by atoms with Crippen molar-refractivity contribution in [1.82, 2.24) is 10.0 Å². The van der Waals surface area contributed by atoms with Crippen LogP contribution in [0.5, 0.6) is 0 Å².